The summed E-state index contributed by atoms with van der Waals surface area (Å²) in [5.74, 6) is 1.34. The van der Waals surface area contributed by atoms with Crippen LogP contribution in [-0.4, -0.2) is 49.8 Å². The Bertz CT molecular complexity index is 900. The molecule has 0 radical (unpaired) electrons. The molecule has 0 saturated heterocycles. The summed E-state index contributed by atoms with van der Waals surface area (Å²) >= 11 is 8.66. The highest BCUT2D eigenvalue weighted by molar-refractivity contribution is 8.14. The predicted octanol–water partition coefficient (Wildman–Crippen LogP) is 2.27. The fourth-order valence-corrected chi connectivity index (χ4v) is 4.06. The Balaban J connectivity index is 1.56. The number of aliphatic imine (C=N–C) groups is 1. The molecule has 0 bridgehead atoms. The normalized spacial score (nSPS) is 14.5. The Morgan fingerprint density at radius 3 is 2.75 bits per heavy atom. The van der Waals surface area contributed by atoms with E-state index >= 15 is 0 Å². The van der Waals surface area contributed by atoms with Crippen LogP contribution in [0.5, 0.6) is 0 Å². The number of thioether (sulfide) groups is 2. The summed E-state index contributed by atoms with van der Waals surface area (Å²) in [4.78, 5) is 28.5. The topological polar surface area (TPSA) is 101 Å². The highest BCUT2D eigenvalue weighted by Gasteiger charge is 2.19. The van der Waals surface area contributed by atoms with E-state index in [0.29, 0.717) is 26.7 Å². The maximum Gasteiger partial charge on any atom is 0.251 e. The van der Waals surface area contributed by atoms with Gasteiger partial charge in [-0.3, -0.25) is 14.6 Å². The number of carbonyl (C=O) groups excluding carboxylic acids is 2. The minimum absolute atomic E-state index is 0.133. The monoisotopic (exact) mass is 438 g/mol. The van der Waals surface area contributed by atoms with Crippen molar-refractivity contribution in [2.45, 2.75) is 18.1 Å². The lowest BCUT2D eigenvalue weighted by Crippen LogP contribution is -2.29. The van der Waals surface area contributed by atoms with Gasteiger partial charge in [0.2, 0.25) is 5.91 Å². The number of hydrogen-bond acceptors (Lipinski definition) is 7. The van der Waals surface area contributed by atoms with Gasteiger partial charge in [-0.2, -0.15) is 0 Å². The molecule has 1 atom stereocenters. The molecule has 1 aliphatic rings. The Kier molecular flexibility index (Phi) is 6.97. The van der Waals surface area contributed by atoms with Gasteiger partial charge in [-0.05, 0) is 31.2 Å². The zero-order valence-corrected chi connectivity index (χ0v) is 17.7. The van der Waals surface area contributed by atoms with Crippen LogP contribution in [0.2, 0.25) is 5.02 Å². The number of carbonyl (C=O) groups is 2. The van der Waals surface area contributed by atoms with E-state index in [4.69, 9.17) is 11.6 Å². The lowest BCUT2D eigenvalue weighted by molar-refractivity contribution is -0.117. The molecular weight excluding hydrogens is 420 g/mol. The molecule has 2 amide bonds. The Hall–Kier alpha value is -2.04. The summed E-state index contributed by atoms with van der Waals surface area (Å²) in [5, 5.41) is 15.8. The molecule has 8 nitrogen and oxygen atoms in total. The van der Waals surface area contributed by atoms with E-state index in [2.05, 4.69) is 25.8 Å². The summed E-state index contributed by atoms with van der Waals surface area (Å²) in [6.45, 7) is 2.56. The SMILES string of the molecule is C[C@@H](NC(=O)c1ccc(Cl)cc1)c1nnc(SCC(=O)NC2=NCCS2)n1C. The van der Waals surface area contributed by atoms with Crippen molar-refractivity contribution in [1.29, 1.82) is 0 Å². The Morgan fingerprint density at radius 2 is 2.07 bits per heavy atom. The standard InChI is InChI=1S/C17H19ClN6O2S2/c1-10(20-15(26)11-3-5-12(18)6-4-11)14-22-23-17(24(14)2)28-9-13(25)21-16-19-7-8-27-16/h3-6,10H,7-9H2,1-2H3,(H,20,26)(H,19,21,25)/t10-/m1/s1. The fourth-order valence-electron chi connectivity index (χ4n) is 2.47. The molecule has 2 N–H and O–H groups in total. The number of amidine groups is 1. The number of nitrogens with one attached hydrogen (secondary N) is 2. The minimum Gasteiger partial charge on any atom is -0.342 e. The molecule has 0 spiro atoms. The second-order valence-electron chi connectivity index (χ2n) is 5.97. The molecule has 3 rings (SSSR count). The maximum absolute atomic E-state index is 12.4. The van der Waals surface area contributed by atoms with Crippen molar-refractivity contribution in [3.63, 3.8) is 0 Å². The van der Waals surface area contributed by atoms with Crippen molar-refractivity contribution in [2.75, 3.05) is 18.1 Å². The van der Waals surface area contributed by atoms with Gasteiger partial charge in [0.1, 0.15) is 0 Å². The van der Waals surface area contributed by atoms with Crippen molar-refractivity contribution >= 4 is 52.1 Å². The Labute approximate surface area is 175 Å². The van der Waals surface area contributed by atoms with Gasteiger partial charge in [-0.1, -0.05) is 35.1 Å². The van der Waals surface area contributed by atoms with Crippen LogP contribution in [-0.2, 0) is 11.8 Å². The fraction of sp³-hybridized carbons (Fsp3) is 0.353. The second kappa shape index (κ2) is 9.44. The number of nitrogens with zero attached hydrogens (tertiary/aromatic N) is 4. The van der Waals surface area contributed by atoms with Crippen molar-refractivity contribution in [3.8, 4) is 0 Å². The summed E-state index contributed by atoms with van der Waals surface area (Å²) in [7, 11) is 1.80. The van der Waals surface area contributed by atoms with E-state index in [1.165, 1.54) is 23.5 Å². The first-order chi connectivity index (χ1) is 13.4. The van der Waals surface area contributed by atoms with Gasteiger partial charge in [0.05, 0.1) is 18.3 Å². The van der Waals surface area contributed by atoms with E-state index in [0.717, 1.165) is 12.3 Å². The van der Waals surface area contributed by atoms with Crippen LogP contribution in [0.1, 0.15) is 29.1 Å². The lowest BCUT2D eigenvalue weighted by Gasteiger charge is -2.13. The molecule has 11 heteroatoms. The van der Waals surface area contributed by atoms with Crippen molar-refractivity contribution in [3.05, 3.63) is 40.7 Å². The van der Waals surface area contributed by atoms with E-state index in [9.17, 15) is 9.59 Å². The number of benzene rings is 1. The molecular formula is C17H19ClN6O2S2. The van der Waals surface area contributed by atoms with E-state index in [1.807, 2.05) is 6.92 Å². The number of hydrogen-bond donors (Lipinski definition) is 2. The molecule has 0 unspecified atom stereocenters. The van der Waals surface area contributed by atoms with Gasteiger partial charge >= 0.3 is 0 Å². The second-order valence-corrected chi connectivity index (χ2v) is 8.44. The molecule has 2 heterocycles. The van der Waals surface area contributed by atoms with Gasteiger partial charge in [0, 0.05) is 23.4 Å². The zero-order chi connectivity index (χ0) is 20.1. The first-order valence-corrected chi connectivity index (χ1v) is 10.8. The number of amides is 2. The number of rotatable bonds is 6. The van der Waals surface area contributed by atoms with Crippen LogP contribution in [0.4, 0.5) is 0 Å². The van der Waals surface area contributed by atoms with E-state index in [1.54, 1.807) is 35.9 Å². The van der Waals surface area contributed by atoms with Gasteiger partial charge in [0.25, 0.3) is 5.91 Å². The molecule has 0 saturated carbocycles. The average molecular weight is 439 g/mol. The lowest BCUT2D eigenvalue weighted by atomic mass is 10.2. The van der Waals surface area contributed by atoms with Gasteiger partial charge in [-0.25, -0.2) is 0 Å². The Morgan fingerprint density at radius 1 is 1.32 bits per heavy atom. The summed E-state index contributed by atoms with van der Waals surface area (Å²) in [6.07, 6.45) is 0. The summed E-state index contributed by atoms with van der Waals surface area (Å²) < 4.78 is 1.77. The quantitative estimate of drug-likeness (QED) is 0.671. The third-order valence-corrected chi connectivity index (χ3v) is 6.04. The molecule has 28 heavy (non-hydrogen) atoms. The van der Waals surface area contributed by atoms with Crippen LogP contribution >= 0.6 is 35.1 Å². The smallest absolute Gasteiger partial charge is 0.251 e. The molecule has 2 aromatic rings. The summed E-state index contributed by atoms with van der Waals surface area (Å²) in [6, 6.07) is 6.30. The number of halogens is 1. The van der Waals surface area contributed by atoms with Crippen molar-refractivity contribution < 1.29 is 9.59 Å². The maximum atomic E-state index is 12.4. The van der Waals surface area contributed by atoms with Gasteiger partial charge in [0.15, 0.2) is 16.1 Å². The third kappa shape index (κ3) is 5.27. The third-order valence-electron chi connectivity index (χ3n) is 3.87. The highest BCUT2D eigenvalue weighted by atomic mass is 35.5. The van der Waals surface area contributed by atoms with Crippen LogP contribution in [0, 0.1) is 0 Å². The highest BCUT2D eigenvalue weighted by Crippen LogP contribution is 2.20. The summed E-state index contributed by atoms with van der Waals surface area (Å²) in [5.41, 5.74) is 0.511. The molecule has 1 aromatic carbocycles. The number of aromatic nitrogens is 3. The van der Waals surface area contributed by atoms with Crippen molar-refractivity contribution in [2.24, 2.45) is 12.0 Å². The molecule has 0 aliphatic carbocycles. The predicted molar refractivity (Wildman–Crippen MR) is 112 cm³/mol. The largest absolute Gasteiger partial charge is 0.342 e. The zero-order valence-electron chi connectivity index (χ0n) is 15.3. The molecule has 1 aliphatic heterocycles. The average Bonchev–Trinajstić information content (AvgIpc) is 3.30. The molecule has 1 aromatic heterocycles. The minimum atomic E-state index is -0.354. The van der Waals surface area contributed by atoms with Gasteiger partial charge < -0.3 is 15.2 Å². The molecule has 0 fully saturated rings. The van der Waals surface area contributed by atoms with Crippen molar-refractivity contribution in [1.82, 2.24) is 25.4 Å². The first-order valence-electron chi connectivity index (χ1n) is 8.49. The molecule has 148 valence electrons. The van der Waals surface area contributed by atoms with Gasteiger partial charge in [-0.15, -0.1) is 10.2 Å². The van der Waals surface area contributed by atoms with E-state index < -0.39 is 0 Å². The van der Waals surface area contributed by atoms with Crippen LogP contribution in [0.3, 0.4) is 0 Å². The van der Waals surface area contributed by atoms with Crippen LogP contribution in [0.15, 0.2) is 34.4 Å². The van der Waals surface area contributed by atoms with E-state index in [-0.39, 0.29) is 23.6 Å². The first kappa shape index (κ1) is 20.7. The van der Waals surface area contributed by atoms with Crippen LogP contribution < -0.4 is 10.6 Å². The van der Waals surface area contributed by atoms with Crippen LogP contribution in [0.25, 0.3) is 0 Å².